The van der Waals surface area contributed by atoms with Gasteiger partial charge >= 0.3 is 5.97 Å². The lowest BCUT2D eigenvalue weighted by Crippen LogP contribution is -2.39. The molecule has 0 radical (unpaired) electrons. The van der Waals surface area contributed by atoms with Crippen molar-refractivity contribution in [2.75, 3.05) is 13.2 Å². The number of hydrogen-bond donors (Lipinski definition) is 0. The second kappa shape index (κ2) is 12.5. The molecule has 2 aromatic carbocycles. The molecule has 1 aliphatic rings. The Labute approximate surface area is 247 Å². The maximum Gasteiger partial charge on any atom is 0.338 e. The third-order valence-electron chi connectivity index (χ3n) is 5.75. The molecule has 0 fully saturated rings. The molecule has 0 unspecified atom stereocenters. The van der Waals surface area contributed by atoms with Gasteiger partial charge in [0.05, 0.1) is 43.5 Å². The summed E-state index contributed by atoms with van der Waals surface area (Å²) in [5.41, 5.74) is 2.15. The lowest BCUT2D eigenvalue weighted by Gasteiger charge is -2.25. The number of hydrogen-bond acceptors (Lipinski definition) is 7. The highest BCUT2D eigenvalue weighted by Gasteiger charge is 2.33. The summed E-state index contributed by atoms with van der Waals surface area (Å²) >= 11 is 8.37. The van der Waals surface area contributed by atoms with Gasteiger partial charge in [-0.2, -0.15) is 0 Å². The predicted molar refractivity (Wildman–Crippen MR) is 160 cm³/mol. The van der Waals surface area contributed by atoms with Crippen molar-refractivity contribution in [2.45, 2.75) is 39.8 Å². The minimum absolute atomic E-state index is 0.0217. The summed E-state index contributed by atoms with van der Waals surface area (Å²) in [4.78, 5) is 32.1. The largest absolute Gasteiger partial charge is 0.491 e. The van der Waals surface area contributed by atoms with E-state index in [0.717, 1.165) is 20.1 Å². The molecule has 0 spiro atoms. The molecular weight excluding hydrogens is 648 g/mol. The van der Waals surface area contributed by atoms with Crippen molar-refractivity contribution in [2.24, 2.45) is 4.99 Å². The highest BCUT2D eigenvalue weighted by Crippen LogP contribution is 2.35. The second-order valence-electron chi connectivity index (χ2n) is 8.95. The van der Waals surface area contributed by atoms with Crippen molar-refractivity contribution in [1.29, 1.82) is 0 Å². The first-order valence-electron chi connectivity index (χ1n) is 12.3. The van der Waals surface area contributed by atoms with Crippen LogP contribution in [0.25, 0.3) is 6.08 Å². The number of carbonyl (C=O) groups is 1. The second-order valence-corrected chi connectivity index (χ2v) is 11.7. The molecule has 0 amide bonds. The van der Waals surface area contributed by atoms with Crippen LogP contribution in [-0.2, 0) is 9.53 Å². The van der Waals surface area contributed by atoms with E-state index in [1.165, 1.54) is 11.3 Å². The number of esters is 1. The summed E-state index contributed by atoms with van der Waals surface area (Å²) < 4.78 is 20.4. The average molecular weight is 676 g/mol. The van der Waals surface area contributed by atoms with E-state index in [-0.39, 0.29) is 18.3 Å². The number of fused-ring (bicyclic) bond motifs is 1. The molecule has 3 aromatic rings. The fourth-order valence-corrected chi connectivity index (χ4v) is 6.70. The van der Waals surface area contributed by atoms with E-state index in [4.69, 9.17) is 14.2 Å². The van der Waals surface area contributed by atoms with Crippen LogP contribution in [0.15, 0.2) is 79.1 Å². The molecule has 2 heterocycles. The predicted octanol–water partition coefficient (Wildman–Crippen LogP) is 5.68. The minimum atomic E-state index is -0.691. The van der Waals surface area contributed by atoms with Crippen LogP contribution in [0, 0.1) is 0 Å². The van der Waals surface area contributed by atoms with Gasteiger partial charge in [0, 0.05) is 0 Å². The van der Waals surface area contributed by atoms with E-state index in [9.17, 15) is 9.59 Å². The zero-order valence-electron chi connectivity index (χ0n) is 22.0. The van der Waals surface area contributed by atoms with Gasteiger partial charge in [0.15, 0.2) is 4.80 Å². The van der Waals surface area contributed by atoms with Crippen LogP contribution in [0.5, 0.6) is 11.5 Å². The van der Waals surface area contributed by atoms with Crippen molar-refractivity contribution < 1.29 is 19.0 Å². The summed E-state index contributed by atoms with van der Waals surface area (Å²) in [5.74, 6) is 0.854. The number of halogens is 2. The summed E-state index contributed by atoms with van der Waals surface area (Å²) in [6, 6.07) is 10.5. The number of carbonyl (C=O) groups excluding carboxylic acids is 1. The number of thiazole rings is 1. The Morgan fingerprint density at radius 1 is 1.21 bits per heavy atom. The fourth-order valence-electron chi connectivity index (χ4n) is 4.20. The monoisotopic (exact) mass is 674 g/mol. The Morgan fingerprint density at radius 2 is 1.87 bits per heavy atom. The molecule has 10 heteroatoms. The maximum atomic E-state index is 13.8. The third-order valence-corrected chi connectivity index (χ3v) is 7.91. The fraction of sp³-hybridized carbons (Fsp3) is 0.276. The van der Waals surface area contributed by atoms with Gasteiger partial charge in [-0.1, -0.05) is 36.1 Å². The molecule has 204 valence electrons. The van der Waals surface area contributed by atoms with Crippen LogP contribution in [0.3, 0.4) is 0 Å². The summed E-state index contributed by atoms with van der Waals surface area (Å²) in [7, 11) is 0. The van der Waals surface area contributed by atoms with Crippen molar-refractivity contribution in [1.82, 2.24) is 4.57 Å². The van der Waals surface area contributed by atoms with Gasteiger partial charge in [-0.3, -0.25) is 9.36 Å². The van der Waals surface area contributed by atoms with Crippen molar-refractivity contribution in [3.05, 3.63) is 100 Å². The molecule has 0 aliphatic carbocycles. The quantitative estimate of drug-likeness (QED) is 0.216. The van der Waals surface area contributed by atoms with Crippen molar-refractivity contribution >= 4 is 55.2 Å². The first kappa shape index (κ1) is 29.0. The Hall–Kier alpha value is -2.95. The Bertz CT molecular complexity index is 1600. The van der Waals surface area contributed by atoms with E-state index in [1.807, 2.05) is 50.2 Å². The molecule has 4 rings (SSSR count). The normalized spacial score (nSPS) is 15.2. The molecular formula is C29H28Br2N2O5S. The van der Waals surface area contributed by atoms with Crippen LogP contribution in [0.4, 0.5) is 0 Å². The van der Waals surface area contributed by atoms with Crippen LogP contribution in [0.2, 0.25) is 0 Å². The van der Waals surface area contributed by atoms with Crippen LogP contribution < -0.4 is 24.4 Å². The molecule has 0 saturated heterocycles. The van der Waals surface area contributed by atoms with Crippen molar-refractivity contribution in [3.63, 3.8) is 0 Å². The van der Waals surface area contributed by atoms with E-state index in [2.05, 4.69) is 43.4 Å². The third kappa shape index (κ3) is 6.28. The number of benzene rings is 2. The zero-order chi connectivity index (χ0) is 28.3. The number of allylic oxidation sites excluding steroid dienone is 1. The van der Waals surface area contributed by atoms with E-state index in [1.54, 1.807) is 30.6 Å². The van der Waals surface area contributed by atoms with E-state index >= 15 is 0 Å². The molecule has 39 heavy (non-hydrogen) atoms. The molecule has 7 nitrogen and oxygen atoms in total. The molecule has 0 bridgehead atoms. The molecule has 0 N–H and O–H groups in total. The SMILES string of the molecule is C=CCOc1c(Br)cc(/C=c2\sc3n(c2=O)[C@@H](c2ccc(OC(C)C)cc2)C(C(=O)OCC)=C(C)N=3)cc1Br. The van der Waals surface area contributed by atoms with Gasteiger partial charge in [0.1, 0.15) is 18.1 Å². The Kier molecular flexibility index (Phi) is 9.30. The highest BCUT2D eigenvalue weighted by molar-refractivity contribution is 9.11. The zero-order valence-corrected chi connectivity index (χ0v) is 26.0. The lowest BCUT2D eigenvalue weighted by molar-refractivity contribution is -0.139. The Balaban J connectivity index is 1.86. The number of nitrogens with zero attached hydrogens (tertiary/aromatic N) is 2. The number of aromatic nitrogens is 1. The topological polar surface area (TPSA) is 79.1 Å². The molecule has 0 saturated carbocycles. The van der Waals surface area contributed by atoms with Crippen LogP contribution in [0.1, 0.15) is 44.9 Å². The van der Waals surface area contributed by atoms with Gasteiger partial charge in [0.2, 0.25) is 0 Å². The van der Waals surface area contributed by atoms with Gasteiger partial charge < -0.3 is 14.2 Å². The Morgan fingerprint density at radius 3 is 2.46 bits per heavy atom. The van der Waals surface area contributed by atoms with Gasteiger partial charge in [0.25, 0.3) is 5.56 Å². The number of rotatable bonds is 9. The highest BCUT2D eigenvalue weighted by atomic mass is 79.9. The number of ether oxygens (including phenoxy) is 3. The summed E-state index contributed by atoms with van der Waals surface area (Å²) in [6.07, 6.45) is 3.49. The minimum Gasteiger partial charge on any atom is -0.491 e. The van der Waals surface area contributed by atoms with Gasteiger partial charge in [-0.05, 0) is 101 Å². The van der Waals surface area contributed by atoms with Crippen molar-refractivity contribution in [3.8, 4) is 11.5 Å². The molecule has 1 aromatic heterocycles. The van der Waals surface area contributed by atoms with Crippen LogP contribution in [-0.4, -0.2) is 29.9 Å². The van der Waals surface area contributed by atoms with E-state index < -0.39 is 12.0 Å². The molecule has 1 aliphatic heterocycles. The lowest BCUT2D eigenvalue weighted by atomic mass is 9.96. The average Bonchev–Trinajstić information content (AvgIpc) is 3.17. The van der Waals surface area contributed by atoms with Gasteiger partial charge in [-0.25, -0.2) is 9.79 Å². The summed E-state index contributed by atoms with van der Waals surface area (Å²) in [5, 5.41) is 0. The van der Waals surface area contributed by atoms with Gasteiger partial charge in [-0.15, -0.1) is 0 Å². The summed E-state index contributed by atoms with van der Waals surface area (Å²) in [6.45, 7) is 11.7. The smallest absolute Gasteiger partial charge is 0.338 e. The standard InChI is InChI=1S/C29H28Br2N2O5S/c1-6-12-37-26-21(30)13-18(14-22(26)31)15-23-27(34)33-25(19-8-10-20(11-9-19)38-16(3)4)24(28(35)36-7-2)17(5)32-29(33)39-23/h6,8-11,13-16,25H,1,7,12H2,2-5H3/b23-15-/t25-/m0/s1. The first-order valence-corrected chi connectivity index (χ1v) is 14.7. The van der Waals surface area contributed by atoms with E-state index in [0.29, 0.717) is 38.7 Å². The maximum absolute atomic E-state index is 13.8. The van der Waals surface area contributed by atoms with Crippen LogP contribution >= 0.6 is 43.2 Å². The first-order chi connectivity index (χ1) is 18.6. The molecule has 1 atom stereocenters.